The van der Waals surface area contributed by atoms with Crippen LogP contribution in [0.15, 0.2) is 56.5 Å². The van der Waals surface area contributed by atoms with Crippen molar-refractivity contribution in [2.24, 2.45) is 5.14 Å². The minimum absolute atomic E-state index is 0.0218. The van der Waals surface area contributed by atoms with E-state index in [2.05, 4.69) is 15.5 Å². The van der Waals surface area contributed by atoms with Gasteiger partial charge >= 0.3 is 0 Å². The van der Waals surface area contributed by atoms with E-state index in [0.717, 1.165) is 5.56 Å². The monoisotopic (exact) mass is 390 g/mol. The first-order valence-electron chi connectivity index (χ1n) is 8.11. The van der Waals surface area contributed by atoms with Gasteiger partial charge in [-0.3, -0.25) is 4.79 Å². The molecule has 0 saturated heterocycles. The largest absolute Gasteiger partial charge is 0.461 e. The van der Waals surface area contributed by atoms with E-state index in [1.54, 1.807) is 31.2 Å². The number of nitrogens with zero attached hydrogens (tertiary/aromatic N) is 2. The average Bonchev–Trinajstić information content (AvgIpc) is 3.30. The number of hydrogen-bond donors (Lipinski definition) is 2. The molecular formula is C17H18N4O5S. The van der Waals surface area contributed by atoms with E-state index in [1.807, 2.05) is 0 Å². The maximum atomic E-state index is 12.1. The molecular weight excluding hydrogens is 372 g/mol. The summed E-state index contributed by atoms with van der Waals surface area (Å²) in [6, 6.07) is 9.16. The summed E-state index contributed by atoms with van der Waals surface area (Å²) in [6.45, 7) is 1.80. The van der Waals surface area contributed by atoms with E-state index < -0.39 is 10.0 Å². The summed E-state index contributed by atoms with van der Waals surface area (Å²) in [7, 11) is -3.74. The molecule has 1 unspecified atom stereocenters. The van der Waals surface area contributed by atoms with Crippen LogP contribution in [-0.4, -0.2) is 24.5 Å². The number of rotatable bonds is 7. The molecule has 9 nitrogen and oxygen atoms in total. The van der Waals surface area contributed by atoms with Crippen molar-refractivity contribution in [3.8, 4) is 11.6 Å². The van der Waals surface area contributed by atoms with Gasteiger partial charge in [-0.1, -0.05) is 17.3 Å². The van der Waals surface area contributed by atoms with Crippen LogP contribution in [0, 0.1) is 0 Å². The number of furan rings is 1. The van der Waals surface area contributed by atoms with Gasteiger partial charge in [0.05, 0.1) is 17.2 Å². The Balaban J connectivity index is 1.53. The Morgan fingerprint density at radius 2 is 2.00 bits per heavy atom. The lowest BCUT2D eigenvalue weighted by atomic mass is 10.1. The number of carbonyl (C=O) groups excluding carboxylic acids is 1. The second-order valence-corrected chi connectivity index (χ2v) is 7.45. The Morgan fingerprint density at radius 1 is 1.26 bits per heavy atom. The number of nitrogens with two attached hydrogens (primary N) is 1. The van der Waals surface area contributed by atoms with E-state index in [1.165, 1.54) is 18.4 Å². The van der Waals surface area contributed by atoms with E-state index >= 15 is 0 Å². The molecule has 3 N–H and O–H groups in total. The van der Waals surface area contributed by atoms with Gasteiger partial charge in [0.1, 0.15) is 0 Å². The quantitative estimate of drug-likeness (QED) is 0.626. The summed E-state index contributed by atoms with van der Waals surface area (Å²) >= 11 is 0. The lowest BCUT2D eigenvalue weighted by Gasteiger charge is -2.14. The van der Waals surface area contributed by atoms with Gasteiger partial charge in [0.15, 0.2) is 5.76 Å². The van der Waals surface area contributed by atoms with E-state index in [0.29, 0.717) is 17.5 Å². The predicted molar refractivity (Wildman–Crippen MR) is 94.7 cm³/mol. The molecule has 0 saturated carbocycles. The Hall–Kier alpha value is -2.98. The Bertz CT molecular complexity index is 1010. The number of sulfonamides is 1. The van der Waals surface area contributed by atoms with Crippen molar-refractivity contribution in [1.29, 1.82) is 0 Å². The lowest BCUT2D eigenvalue weighted by molar-refractivity contribution is -0.121. The number of benzene rings is 1. The van der Waals surface area contributed by atoms with Crippen LogP contribution in [0.2, 0.25) is 0 Å². The van der Waals surface area contributed by atoms with Crippen molar-refractivity contribution in [2.75, 3.05) is 0 Å². The van der Waals surface area contributed by atoms with Crippen LogP contribution < -0.4 is 10.5 Å². The lowest BCUT2D eigenvalue weighted by Crippen LogP contribution is -2.26. The van der Waals surface area contributed by atoms with Gasteiger partial charge in [0.25, 0.3) is 0 Å². The molecule has 0 aliphatic rings. The summed E-state index contributed by atoms with van der Waals surface area (Å²) in [6.07, 6.45) is 1.96. The summed E-state index contributed by atoms with van der Waals surface area (Å²) in [5.74, 6) is 0.960. The molecule has 1 amide bonds. The fraction of sp³-hybridized carbons (Fsp3) is 0.235. The molecule has 0 radical (unpaired) electrons. The molecule has 10 heteroatoms. The average molecular weight is 390 g/mol. The molecule has 1 aromatic carbocycles. The third-order valence-corrected chi connectivity index (χ3v) is 4.79. The summed E-state index contributed by atoms with van der Waals surface area (Å²) in [4.78, 5) is 16.3. The molecule has 2 aromatic heterocycles. The number of aromatic nitrogens is 2. The third kappa shape index (κ3) is 4.80. The van der Waals surface area contributed by atoms with Crippen LogP contribution in [0.5, 0.6) is 0 Å². The third-order valence-electron chi connectivity index (χ3n) is 3.86. The number of nitrogens with one attached hydrogen (secondary N) is 1. The molecule has 1 atom stereocenters. The molecule has 27 heavy (non-hydrogen) atoms. The van der Waals surface area contributed by atoms with Crippen LogP contribution in [0.25, 0.3) is 11.6 Å². The van der Waals surface area contributed by atoms with Gasteiger partial charge < -0.3 is 14.3 Å². The highest BCUT2D eigenvalue weighted by atomic mass is 32.2. The smallest absolute Gasteiger partial charge is 0.238 e. The number of aryl methyl sites for hydroxylation is 1. The molecule has 3 rings (SSSR count). The summed E-state index contributed by atoms with van der Waals surface area (Å²) in [5, 5.41) is 11.7. The highest BCUT2D eigenvalue weighted by Crippen LogP contribution is 2.17. The van der Waals surface area contributed by atoms with Crippen molar-refractivity contribution >= 4 is 15.9 Å². The molecule has 2 heterocycles. The normalized spacial score (nSPS) is 12.7. The maximum Gasteiger partial charge on any atom is 0.238 e. The Labute approximate surface area is 155 Å². The standard InChI is InChI=1S/C17H18N4O5S/c1-11(12-4-6-13(7-5-12)27(18,23)24)19-15(22)8-9-16-20-17(21-26-16)14-3-2-10-25-14/h2-7,10-11H,8-9H2,1H3,(H,19,22)(H2,18,23,24). The molecule has 0 aliphatic carbocycles. The van der Waals surface area contributed by atoms with Gasteiger partial charge in [-0.15, -0.1) is 0 Å². The predicted octanol–water partition coefficient (Wildman–Crippen LogP) is 1.79. The summed E-state index contributed by atoms with van der Waals surface area (Å²) in [5.41, 5.74) is 0.758. The van der Waals surface area contributed by atoms with Crippen molar-refractivity contribution in [3.63, 3.8) is 0 Å². The zero-order chi connectivity index (χ0) is 19.4. The fourth-order valence-electron chi connectivity index (χ4n) is 2.43. The maximum absolute atomic E-state index is 12.1. The molecule has 3 aromatic rings. The zero-order valence-corrected chi connectivity index (χ0v) is 15.3. The Kier molecular flexibility index (Phi) is 5.38. The molecule has 0 fully saturated rings. The van der Waals surface area contributed by atoms with Gasteiger partial charge in [0.2, 0.25) is 27.6 Å². The fourth-order valence-corrected chi connectivity index (χ4v) is 2.94. The van der Waals surface area contributed by atoms with Crippen LogP contribution in [0.1, 0.15) is 30.8 Å². The topological polar surface area (TPSA) is 141 Å². The first kappa shape index (κ1) is 18.8. The minimum atomic E-state index is -3.74. The first-order valence-corrected chi connectivity index (χ1v) is 9.66. The first-order chi connectivity index (χ1) is 12.8. The van der Waals surface area contributed by atoms with Crippen LogP contribution in [-0.2, 0) is 21.2 Å². The van der Waals surface area contributed by atoms with E-state index in [4.69, 9.17) is 14.1 Å². The highest BCUT2D eigenvalue weighted by Gasteiger charge is 2.15. The van der Waals surface area contributed by atoms with E-state index in [-0.39, 0.29) is 29.7 Å². The van der Waals surface area contributed by atoms with E-state index in [9.17, 15) is 13.2 Å². The van der Waals surface area contributed by atoms with Crippen LogP contribution >= 0.6 is 0 Å². The van der Waals surface area contributed by atoms with Gasteiger partial charge in [-0.05, 0) is 36.8 Å². The molecule has 0 aliphatic heterocycles. The molecule has 0 spiro atoms. The van der Waals surface area contributed by atoms with Crippen molar-refractivity contribution in [1.82, 2.24) is 15.5 Å². The van der Waals surface area contributed by atoms with Gasteiger partial charge in [-0.25, -0.2) is 13.6 Å². The SMILES string of the molecule is CC(NC(=O)CCc1nc(-c2ccco2)no1)c1ccc(S(N)(=O)=O)cc1. The van der Waals surface area contributed by atoms with Crippen molar-refractivity contribution in [3.05, 3.63) is 54.1 Å². The number of primary sulfonamides is 1. The number of hydrogen-bond acceptors (Lipinski definition) is 7. The number of carbonyl (C=O) groups is 1. The van der Waals surface area contributed by atoms with Gasteiger partial charge in [-0.2, -0.15) is 4.98 Å². The summed E-state index contributed by atoms with van der Waals surface area (Å²) < 4.78 is 32.8. The van der Waals surface area contributed by atoms with Crippen LogP contribution in [0.4, 0.5) is 0 Å². The number of amides is 1. The highest BCUT2D eigenvalue weighted by molar-refractivity contribution is 7.89. The second-order valence-electron chi connectivity index (χ2n) is 5.89. The molecule has 142 valence electrons. The Morgan fingerprint density at radius 3 is 2.63 bits per heavy atom. The van der Waals surface area contributed by atoms with Crippen LogP contribution in [0.3, 0.4) is 0 Å². The second kappa shape index (κ2) is 7.72. The van der Waals surface area contributed by atoms with Crippen molar-refractivity contribution in [2.45, 2.75) is 30.7 Å². The minimum Gasteiger partial charge on any atom is -0.461 e. The van der Waals surface area contributed by atoms with Crippen molar-refractivity contribution < 1.29 is 22.2 Å². The van der Waals surface area contributed by atoms with Gasteiger partial charge in [0, 0.05) is 12.8 Å². The molecule has 0 bridgehead atoms. The zero-order valence-electron chi connectivity index (χ0n) is 14.5.